The molecule has 368 valence electrons. The van der Waals surface area contributed by atoms with E-state index in [2.05, 4.69) is 26.6 Å². The third-order valence-corrected chi connectivity index (χ3v) is 12.4. The maximum absolute atomic E-state index is 14.6. The minimum Gasteiger partial charge on any atom is -0.508 e. The predicted octanol–water partition coefficient (Wildman–Crippen LogP) is 0.500. The van der Waals surface area contributed by atoms with E-state index in [1.54, 1.807) is 60.6 Å². The van der Waals surface area contributed by atoms with Crippen molar-refractivity contribution >= 4 is 53.2 Å². The lowest BCUT2D eigenvalue weighted by atomic mass is 9.95. The summed E-state index contributed by atoms with van der Waals surface area (Å²) in [4.78, 5) is 128. The summed E-state index contributed by atoms with van der Waals surface area (Å²) in [6, 6.07) is -3.76. The normalized spacial score (nSPS) is 26.4. The van der Waals surface area contributed by atoms with Gasteiger partial charge in [-0.2, -0.15) is 0 Å². The van der Waals surface area contributed by atoms with Crippen LogP contribution in [-0.2, 0) is 54.3 Å². The van der Waals surface area contributed by atoms with E-state index >= 15 is 0 Å². The molecule has 11 atom stereocenters. The zero-order chi connectivity index (χ0) is 49.7. The number of esters is 1. The van der Waals surface area contributed by atoms with Crippen LogP contribution in [0.15, 0.2) is 24.3 Å². The zero-order valence-electron chi connectivity index (χ0n) is 39.9. The molecule has 9 N–H and O–H groups in total. The molecule has 2 aliphatic rings. The number of rotatable bonds is 15. The number of hydrogen-bond acceptors (Lipinski definition) is 12. The second-order valence-electron chi connectivity index (χ2n) is 18.4. The number of ether oxygens (including phenoxy) is 1. The molecule has 3 rings (SSSR count). The first-order chi connectivity index (χ1) is 30.9. The molecule has 0 aromatic heterocycles. The van der Waals surface area contributed by atoms with Gasteiger partial charge in [0.1, 0.15) is 60.4 Å². The van der Waals surface area contributed by atoms with Crippen LogP contribution in [0.1, 0.15) is 113 Å². The number of nitrogens with two attached hydrogens (primary N) is 1. The zero-order valence-corrected chi connectivity index (χ0v) is 39.9. The van der Waals surface area contributed by atoms with E-state index in [9.17, 15) is 53.4 Å². The van der Waals surface area contributed by atoms with Crippen LogP contribution in [0, 0.1) is 23.7 Å². The van der Waals surface area contributed by atoms with Crippen molar-refractivity contribution in [1.29, 1.82) is 0 Å². The number of benzene rings is 1. The molecular formula is C46H72N8O12. The Hall–Kier alpha value is -5.79. The molecular weight excluding hydrogens is 857 g/mol. The van der Waals surface area contributed by atoms with Gasteiger partial charge in [0.05, 0.1) is 0 Å². The number of phenols is 1. The number of primary amides is 1. The molecule has 0 spiro atoms. The monoisotopic (exact) mass is 929 g/mol. The maximum Gasteiger partial charge on any atom is 0.329 e. The minimum absolute atomic E-state index is 0.00167. The number of likely N-dealkylation sites (N-methyl/N-ethyl adjacent to an activating group) is 1. The van der Waals surface area contributed by atoms with Crippen molar-refractivity contribution in [3.8, 4) is 5.75 Å². The van der Waals surface area contributed by atoms with E-state index in [1.807, 2.05) is 6.92 Å². The van der Waals surface area contributed by atoms with Gasteiger partial charge in [-0.1, -0.05) is 80.4 Å². The Balaban J connectivity index is 2.27. The highest BCUT2D eigenvalue weighted by Crippen LogP contribution is 2.27. The molecule has 1 aromatic carbocycles. The molecule has 20 heteroatoms. The van der Waals surface area contributed by atoms with Crippen LogP contribution in [0.4, 0.5) is 0 Å². The van der Waals surface area contributed by atoms with Crippen LogP contribution in [-0.4, -0.2) is 135 Å². The highest BCUT2D eigenvalue weighted by Gasteiger charge is 2.46. The van der Waals surface area contributed by atoms with Crippen LogP contribution in [0.2, 0.25) is 0 Å². The molecule has 0 radical (unpaired) electrons. The Kier molecular flexibility index (Phi) is 20.4. The van der Waals surface area contributed by atoms with Gasteiger partial charge in [-0.25, -0.2) is 4.79 Å². The first-order valence-corrected chi connectivity index (χ1v) is 23.0. The van der Waals surface area contributed by atoms with Gasteiger partial charge in [-0.05, 0) is 68.1 Å². The lowest BCUT2D eigenvalue weighted by Crippen LogP contribution is -2.62. The predicted molar refractivity (Wildman–Crippen MR) is 241 cm³/mol. The Morgan fingerprint density at radius 3 is 1.98 bits per heavy atom. The number of aliphatic hydroxyl groups excluding tert-OH is 1. The van der Waals surface area contributed by atoms with E-state index in [1.165, 1.54) is 31.0 Å². The Labute approximate surface area is 387 Å². The van der Waals surface area contributed by atoms with Gasteiger partial charge < -0.3 is 57.1 Å². The lowest BCUT2D eigenvalue weighted by Gasteiger charge is -2.35. The number of aromatic hydroxyl groups is 1. The SMILES string of the molecule is CCC(C)C1NC(=O)C2CC[C@H](O)N2C(=O)C(CC(C)C)NC(=O)[C@@H](NC(=O)[C@H](CCC(N)=O)NC(=O)C(C)C)[C@@H](C)OC(=O)[C@H](C(C)CC)NC(=O)C(Cc2ccc(O)cc2)N(C)C1=O. The molecule has 0 aliphatic carbocycles. The Morgan fingerprint density at radius 1 is 0.833 bits per heavy atom. The van der Waals surface area contributed by atoms with Gasteiger partial charge in [0.2, 0.25) is 47.3 Å². The van der Waals surface area contributed by atoms with Crippen molar-refractivity contribution in [2.45, 2.75) is 168 Å². The molecule has 2 heterocycles. The number of hydrogen-bond donors (Lipinski definition) is 8. The van der Waals surface area contributed by atoms with E-state index < -0.39 is 126 Å². The van der Waals surface area contributed by atoms with E-state index in [0.717, 1.165) is 4.90 Å². The third kappa shape index (κ3) is 14.6. The number of nitrogens with one attached hydrogen (secondary N) is 5. The Morgan fingerprint density at radius 2 is 1.42 bits per heavy atom. The van der Waals surface area contributed by atoms with Crippen molar-refractivity contribution in [3.63, 3.8) is 0 Å². The van der Waals surface area contributed by atoms with E-state index in [-0.39, 0.29) is 50.2 Å². The fourth-order valence-electron chi connectivity index (χ4n) is 7.84. The number of carbonyl (C=O) groups is 9. The summed E-state index contributed by atoms with van der Waals surface area (Å²) in [5.74, 6) is -9.24. The van der Waals surface area contributed by atoms with Crippen LogP contribution >= 0.6 is 0 Å². The van der Waals surface area contributed by atoms with Gasteiger partial charge in [-0.3, -0.25) is 38.4 Å². The average Bonchev–Trinajstić information content (AvgIpc) is 3.65. The lowest BCUT2D eigenvalue weighted by molar-refractivity contribution is -0.158. The fraction of sp³-hybridized carbons (Fsp3) is 0.674. The number of carbonyl (C=O) groups excluding carboxylic acids is 9. The van der Waals surface area contributed by atoms with Crippen LogP contribution in [0.5, 0.6) is 5.75 Å². The molecule has 8 amide bonds. The smallest absolute Gasteiger partial charge is 0.329 e. The average molecular weight is 929 g/mol. The third-order valence-electron chi connectivity index (χ3n) is 12.4. The quantitative estimate of drug-likeness (QED) is 0.112. The summed E-state index contributed by atoms with van der Waals surface area (Å²) >= 11 is 0. The van der Waals surface area contributed by atoms with Crippen molar-refractivity contribution in [2.24, 2.45) is 29.4 Å². The molecule has 2 fully saturated rings. The van der Waals surface area contributed by atoms with Crippen LogP contribution < -0.4 is 32.3 Å². The van der Waals surface area contributed by atoms with Crippen molar-refractivity contribution < 1.29 is 58.1 Å². The van der Waals surface area contributed by atoms with E-state index in [4.69, 9.17) is 10.5 Å². The summed E-state index contributed by atoms with van der Waals surface area (Å²) in [7, 11) is 1.40. The topological polar surface area (TPSA) is 296 Å². The summed E-state index contributed by atoms with van der Waals surface area (Å²) in [6.45, 7) is 15.0. The number of cyclic esters (lactones) is 1. The summed E-state index contributed by atoms with van der Waals surface area (Å²) in [5.41, 5.74) is 5.92. The molecule has 1 aromatic rings. The largest absolute Gasteiger partial charge is 0.508 e. The van der Waals surface area contributed by atoms with Crippen molar-refractivity contribution in [2.75, 3.05) is 7.05 Å². The summed E-state index contributed by atoms with van der Waals surface area (Å²) < 4.78 is 5.91. The first-order valence-electron chi connectivity index (χ1n) is 23.0. The van der Waals surface area contributed by atoms with Gasteiger partial charge in [0.25, 0.3) is 0 Å². The highest BCUT2D eigenvalue weighted by molar-refractivity contribution is 5.98. The number of fused-ring (bicyclic) bond motifs is 1. The number of aliphatic hydroxyl groups is 1. The summed E-state index contributed by atoms with van der Waals surface area (Å²) in [6.07, 6.45) is -2.93. The molecule has 0 saturated carbocycles. The molecule has 6 unspecified atom stereocenters. The fourth-order valence-corrected chi connectivity index (χ4v) is 7.84. The number of nitrogens with zero attached hydrogens (tertiary/aromatic N) is 2. The van der Waals surface area contributed by atoms with Gasteiger partial charge >= 0.3 is 5.97 Å². The van der Waals surface area contributed by atoms with Crippen molar-refractivity contribution in [1.82, 2.24) is 36.4 Å². The van der Waals surface area contributed by atoms with Gasteiger partial charge in [0, 0.05) is 25.8 Å². The van der Waals surface area contributed by atoms with Crippen molar-refractivity contribution in [3.05, 3.63) is 29.8 Å². The summed E-state index contributed by atoms with van der Waals surface area (Å²) in [5, 5.41) is 34.6. The highest BCUT2D eigenvalue weighted by atomic mass is 16.5. The second kappa shape index (κ2) is 24.7. The maximum atomic E-state index is 14.6. The molecule has 20 nitrogen and oxygen atoms in total. The van der Waals surface area contributed by atoms with Crippen LogP contribution in [0.25, 0.3) is 0 Å². The molecule has 2 saturated heterocycles. The number of phenolic OH excluding ortho intramolecular Hbond substituents is 1. The van der Waals surface area contributed by atoms with Gasteiger partial charge in [-0.15, -0.1) is 0 Å². The molecule has 2 aliphatic heterocycles. The first kappa shape index (κ1) is 54.5. The van der Waals surface area contributed by atoms with Gasteiger partial charge in [0.15, 0.2) is 0 Å². The standard InChI is InChI=1S/C46H72N8O12/c1-11-25(7)36-45(64)53(10)33(22-28-13-15-29(55)16-14-28)42(61)51-37(26(8)12-2)46(65)66-27(9)38(52-40(59)30(17-19-34(47)56)48-39(58)24(5)6)43(62)49-31(21-23(3)4)44(63)54-32(41(60)50-36)18-20-35(54)57/h13-16,23-27,30-33,35-38,55,57H,11-12,17-22H2,1-10H3,(H2,47,56)(H,48,58)(H,49,62)(H,50,60)(H,51,61)(H,52,59)/t25?,26?,27-,30+,31?,32?,33?,35+,36?,37+,38+/m1/s1. The van der Waals surface area contributed by atoms with Crippen LogP contribution in [0.3, 0.4) is 0 Å². The molecule has 66 heavy (non-hydrogen) atoms. The molecule has 0 bridgehead atoms. The minimum atomic E-state index is -1.77. The van der Waals surface area contributed by atoms with E-state index in [0.29, 0.717) is 18.4 Å². The Bertz CT molecular complexity index is 1910. The number of amides is 8. The second-order valence-corrected chi connectivity index (χ2v) is 18.4.